The highest BCUT2D eigenvalue weighted by molar-refractivity contribution is 7.89. The monoisotopic (exact) mass is 599 g/mol. The number of nitrogens with zero attached hydrogens (tertiary/aromatic N) is 1. The molecule has 7 nitrogen and oxygen atoms in total. The smallest absolute Gasteiger partial charge is 0.243 e. The summed E-state index contributed by atoms with van der Waals surface area (Å²) >= 11 is 0. The number of allylic oxidation sites excluding steroid dienone is 1. The molecule has 0 aromatic heterocycles. The highest BCUT2D eigenvalue weighted by Gasteiger charge is 2.39. The zero-order chi connectivity index (χ0) is 30.6. The molecule has 224 valence electrons. The quantitative estimate of drug-likeness (QED) is 0.176. The molecule has 0 aliphatic carbocycles. The first-order valence-corrected chi connectivity index (χ1v) is 15.5. The van der Waals surface area contributed by atoms with Crippen molar-refractivity contribution in [1.82, 2.24) is 4.31 Å². The van der Waals surface area contributed by atoms with E-state index in [1.54, 1.807) is 43.8 Å². The SMILES string of the molecule is C=CCc1cc(OC)c(OC)cc1C1Cc2ccc(OC)c(OCc3ccccc3)c2CN1S(=O)(=O)c1ccc(C)cc1. The van der Waals surface area contributed by atoms with Crippen molar-refractivity contribution in [2.24, 2.45) is 0 Å². The van der Waals surface area contributed by atoms with Crippen LogP contribution in [0, 0.1) is 6.92 Å². The molecule has 0 bridgehead atoms. The molecule has 4 aromatic rings. The molecule has 43 heavy (non-hydrogen) atoms. The predicted octanol–water partition coefficient (Wildman–Crippen LogP) is 6.82. The number of hydrogen-bond acceptors (Lipinski definition) is 6. The van der Waals surface area contributed by atoms with Crippen molar-refractivity contribution in [3.63, 3.8) is 0 Å². The van der Waals surface area contributed by atoms with E-state index in [-0.39, 0.29) is 11.4 Å². The molecule has 0 radical (unpaired) electrons. The maximum atomic E-state index is 14.5. The van der Waals surface area contributed by atoms with Crippen molar-refractivity contribution in [3.8, 4) is 23.0 Å². The minimum atomic E-state index is -3.95. The number of sulfonamides is 1. The topological polar surface area (TPSA) is 74.3 Å². The van der Waals surface area contributed by atoms with Crippen LogP contribution in [-0.4, -0.2) is 34.1 Å². The average Bonchev–Trinajstić information content (AvgIpc) is 3.03. The second-order valence-corrected chi connectivity index (χ2v) is 12.4. The fourth-order valence-corrected chi connectivity index (χ4v) is 7.15. The zero-order valence-corrected chi connectivity index (χ0v) is 25.8. The Morgan fingerprint density at radius 2 is 1.56 bits per heavy atom. The van der Waals surface area contributed by atoms with Crippen LogP contribution >= 0.6 is 0 Å². The minimum absolute atomic E-state index is 0.0966. The van der Waals surface area contributed by atoms with Crippen molar-refractivity contribution in [2.45, 2.75) is 43.9 Å². The predicted molar refractivity (Wildman–Crippen MR) is 168 cm³/mol. The summed E-state index contributed by atoms with van der Waals surface area (Å²) in [6, 6.07) is 24.0. The Hall–Kier alpha value is -4.27. The van der Waals surface area contributed by atoms with Gasteiger partial charge in [0, 0.05) is 12.1 Å². The van der Waals surface area contributed by atoms with Crippen molar-refractivity contribution in [2.75, 3.05) is 21.3 Å². The highest BCUT2D eigenvalue weighted by atomic mass is 32.2. The molecule has 1 atom stereocenters. The molecule has 0 saturated heterocycles. The van der Waals surface area contributed by atoms with E-state index >= 15 is 0 Å². The normalized spacial score (nSPS) is 14.9. The highest BCUT2D eigenvalue weighted by Crippen LogP contribution is 2.46. The first-order valence-electron chi connectivity index (χ1n) is 14.1. The first kappa shape index (κ1) is 30.2. The van der Waals surface area contributed by atoms with Crippen LogP contribution < -0.4 is 18.9 Å². The molecule has 0 fully saturated rings. The van der Waals surface area contributed by atoms with Gasteiger partial charge < -0.3 is 18.9 Å². The van der Waals surface area contributed by atoms with Gasteiger partial charge in [0.15, 0.2) is 23.0 Å². The lowest BCUT2D eigenvalue weighted by Gasteiger charge is -2.38. The lowest BCUT2D eigenvalue weighted by Crippen LogP contribution is -2.39. The van der Waals surface area contributed by atoms with Crippen LogP contribution in [0.2, 0.25) is 0 Å². The van der Waals surface area contributed by atoms with Gasteiger partial charge >= 0.3 is 0 Å². The Morgan fingerprint density at radius 3 is 2.21 bits per heavy atom. The summed E-state index contributed by atoms with van der Waals surface area (Å²) in [4.78, 5) is 0.229. The molecule has 1 aliphatic heterocycles. The number of fused-ring (bicyclic) bond motifs is 1. The van der Waals surface area contributed by atoms with Gasteiger partial charge in [0.25, 0.3) is 0 Å². The molecular formula is C35H37NO6S. The van der Waals surface area contributed by atoms with E-state index in [1.807, 2.05) is 73.7 Å². The number of hydrogen-bond donors (Lipinski definition) is 0. The van der Waals surface area contributed by atoms with E-state index in [0.717, 1.165) is 33.4 Å². The summed E-state index contributed by atoms with van der Waals surface area (Å²) < 4.78 is 53.8. The molecular weight excluding hydrogens is 562 g/mol. The minimum Gasteiger partial charge on any atom is -0.493 e. The van der Waals surface area contributed by atoms with Crippen LogP contribution in [-0.2, 0) is 36.0 Å². The Labute approximate surface area is 254 Å². The van der Waals surface area contributed by atoms with Crippen LogP contribution in [0.5, 0.6) is 23.0 Å². The van der Waals surface area contributed by atoms with Crippen molar-refractivity contribution >= 4 is 10.0 Å². The summed E-state index contributed by atoms with van der Waals surface area (Å²) in [6.45, 7) is 6.29. The number of aryl methyl sites for hydroxylation is 1. The second kappa shape index (κ2) is 12.9. The number of rotatable bonds is 11. The number of ether oxygens (including phenoxy) is 4. The third-order valence-corrected chi connectivity index (χ3v) is 9.71. The van der Waals surface area contributed by atoms with Crippen LogP contribution in [0.4, 0.5) is 0 Å². The Bertz CT molecular complexity index is 1700. The fourth-order valence-electron chi connectivity index (χ4n) is 5.58. The van der Waals surface area contributed by atoms with Gasteiger partial charge in [0.05, 0.1) is 32.3 Å². The second-order valence-electron chi connectivity index (χ2n) is 10.5. The molecule has 0 N–H and O–H groups in total. The van der Waals surface area contributed by atoms with E-state index < -0.39 is 16.1 Å². The summed E-state index contributed by atoms with van der Waals surface area (Å²) in [5.74, 6) is 2.21. The van der Waals surface area contributed by atoms with E-state index in [9.17, 15) is 8.42 Å². The Morgan fingerprint density at radius 1 is 0.884 bits per heavy atom. The fraction of sp³-hybridized carbons (Fsp3) is 0.257. The molecule has 1 unspecified atom stereocenters. The van der Waals surface area contributed by atoms with Gasteiger partial charge in [-0.05, 0) is 72.4 Å². The van der Waals surface area contributed by atoms with Crippen LogP contribution in [0.1, 0.15) is 39.4 Å². The molecule has 5 rings (SSSR count). The third-order valence-electron chi connectivity index (χ3n) is 7.84. The lowest BCUT2D eigenvalue weighted by atomic mass is 9.87. The Balaban J connectivity index is 1.68. The largest absolute Gasteiger partial charge is 0.493 e. The van der Waals surface area contributed by atoms with E-state index in [0.29, 0.717) is 42.4 Å². The molecule has 1 heterocycles. The van der Waals surface area contributed by atoms with Crippen LogP contribution in [0.3, 0.4) is 0 Å². The third kappa shape index (κ3) is 6.12. The maximum absolute atomic E-state index is 14.5. The maximum Gasteiger partial charge on any atom is 0.243 e. The number of benzene rings is 4. The van der Waals surface area contributed by atoms with Gasteiger partial charge in [-0.15, -0.1) is 6.58 Å². The van der Waals surface area contributed by atoms with E-state index in [1.165, 1.54) is 0 Å². The molecule has 0 saturated carbocycles. The van der Waals surface area contributed by atoms with Crippen LogP contribution in [0.15, 0.2) is 96.4 Å². The molecule has 0 spiro atoms. The number of methoxy groups -OCH3 is 3. The summed E-state index contributed by atoms with van der Waals surface area (Å²) in [5, 5.41) is 0. The van der Waals surface area contributed by atoms with Crippen molar-refractivity contribution < 1.29 is 27.4 Å². The summed E-state index contributed by atoms with van der Waals surface area (Å²) in [7, 11) is 0.808. The van der Waals surface area contributed by atoms with E-state index in [4.69, 9.17) is 18.9 Å². The molecule has 8 heteroatoms. The molecule has 1 aliphatic rings. The lowest BCUT2D eigenvalue weighted by molar-refractivity contribution is 0.257. The van der Waals surface area contributed by atoms with Gasteiger partial charge in [-0.25, -0.2) is 8.42 Å². The van der Waals surface area contributed by atoms with Gasteiger partial charge in [0.2, 0.25) is 10.0 Å². The van der Waals surface area contributed by atoms with Gasteiger partial charge in [-0.1, -0.05) is 60.2 Å². The van der Waals surface area contributed by atoms with E-state index in [2.05, 4.69) is 6.58 Å². The van der Waals surface area contributed by atoms with Gasteiger partial charge in [-0.2, -0.15) is 4.31 Å². The summed E-state index contributed by atoms with van der Waals surface area (Å²) in [5.41, 5.74) is 5.51. The standard InChI is InChI=1S/C35H37NO6S/c1-6-10-26-20-33(40-4)34(41-5)21-29(26)31-19-27-15-18-32(39-3)35(42-23-25-11-8-7-9-12-25)30(27)22-36(31)43(37,38)28-16-13-24(2)14-17-28/h6-9,11-18,20-21,31H,1,10,19,22-23H2,2-5H3. The average molecular weight is 600 g/mol. The van der Waals surface area contributed by atoms with Crippen molar-refractivity contribution in [3.05, 3.63) is 125 Å². The first-order chi connectivity index (χ1) is 20.8. The molecule has 0 amide bonds. The zero-order valence-electron chi connectivity index (χ0n) is 25.0. The summed E-state index contributed by atoms with van der Waals surface area (Å²) in [6.07, 6.45) is 2.76. The van der Waals surface area contributed by atoms with Crippen molar-refractivity contribution in [1.29, 1.82) is 0 Å². The van der Waals surface area contributed by atoms with Gasteiger partial charge in [0.1, 0.15) is 6.61 Å². The van der Waals surface area contributed by atoms with Crippen LogP contribution in [0.25, 0.3) is 0 Å². The Kier molecular flexibility index (Phi) is 9.08. The van der Waals surface area contributed by atoms with Gasteiger partial charge in [-0.3, -0.25) is 0 Å². The molecule has 4 aromatic carbocycles.